The van der Waals surface area contributed by atoms with E-state index in [2.05, 4.69) is 42.6 Å². The average molecular weight is 189 g/mol. The Morgan fingerprint density at radius 2 is 2.00 bits per heavy atom. The van der Waals surface area contributed by atoms with Gasteiger partial charge in [0.25, 0.3) is 0 Å². The fourth-order valence-corrected chi connectivity index (χ4v) is 2.25. The van der Waals surface area contributed by atoms with E-state index in [0.717, 1.165) is 18.5 Å². The summed E-state index contributed by atoms with van der Waals surface area (Å²) < 4.78 is 0. The Kier molecular flexibility index (Phi) is 3.20. The highest BCUT2D eigenvalue weighted by atomic mass is 14.9. The molecule has 76 valence electrons. The Balaban J connectivity index is 1.78. The second kappa shape index (κ2) is 4.61. The molecule has 1 N–H and O–H groups in total. The first-order valence-electron chi connectivity index (χ1n) is 5.62. The Bertz CT molecular complexity index is 268. The SMILES string of the molecule is CC1CC[C@H](NCc2ccccc2)C1. The lowest BCUT2D eigenvalue weighted by Gasteiger charge is -2.11. The molecule has 1 heteroatoms. The summed E-state index contributed by atoms with van der Waals surface area (Å²) in [7, 11) is 0. The van der Waals surface area contributed by atoms with Crippen molar-refractivity contribution < 1.29 is 0 Å². The van der Waals surface area contributed by atoms with Gasteiger partial charge in [0, 0.05) is 12.6 Å². The van der Waals surface area contributed by atoms with Gasteiger partial charge in [-0.15, -0.1) is 0 Å². The van der Waals surface area contributed by atoms with Crippen LogP contribution in [0.4, 0.5) is 0 Å². The van der Waals surface area contributed by atoms with Crippen molar-refractivity contribution in [3.63, 3.8) is 0 Å². The molecule has 1 aliphatic carbocycles. The molecule has 1 fully saturated rings. The third-order valence-corrected chi connectivity index (χ3v) is 3.13. The van der Waals surface area contributed by atoms with Crippen LogP contribution in [0.3, 0.4) is 0 Å². The van der Waals surface area contributed by atoms with Crippen molar-refractivity contribution in [1.82, 2.24) is 5.32 Å². The molecule has 0 aromatic heterocycles. The third-order valence-electron chi connectivity index (χ3n) is 3.13. The number of benzene rings is 1. The normalized spacial score (nSPS) is 26.6. The quantitative estimate of drug-likeness (QED) is 0.771. The van der Waals surface area contributed by atoms with Gasteiger partial charge in [0.15, 0.2) is 0 Å². The minimum absolute atomic E-state index is 0.755. The molecule has 0 aliphatic heterocycles. The molecule has 0 spiro atoms. The second-order valence-electron chi connectivity index (χ2n) is 4.48. The van der Waals surface area contributed by atoms with Crippen LogP contribution in [0, 0.1) is 5.92 Å². The second-order valence-corrected chi connectivity index (χ2v) is 4.48. The summed E-state index contributed by atoms with van der Waals surface area (Å²) in [5.41, 5.74) is 1.40. The van der Waals surface area contributed by atoms with E-state index in [4.69, 9.17) is 0 Å². The molecule has 14 heavy (non-hydrogen) atoms. The molecule has 2 atom stereocenters. The predicted molar refractivity (Wildman–Crippen MR) is 60.1 cm³/mol. The van der Waals surface area contributed by atoms with Crippen LogP contribution in [0.1, 0.15) is 31.7 Å². The smallest absolute Gasteiger partial charge is 0.0208 e. The average Bonchev–Trinajstić information content (AvgIpc) is 2.63. The fraction of sp³-hybridized carbons (Fsp3) is 0.538. The molecular formula is C13H19N. The molecule has 2 rings (SSSR count). The van der Waals surface area contributed by atoms with Crippen LogP contribution < -0.4 is 5.32 Å². The van der Waals surface area contributed by atoms with Gasteiger partial charge in [0.05, 0.1) is 0 Å². The van der Waals surface area contributed by atoms with Crippen molar-refractivity contribution in [2.45, 2.75) is 38.8 Å². The van der Waals surface area contributed by atoms with E-state index in [9.17, 15) is 0 Å². The highest BCUT2D eigenvalue weighted by Crippen LogP contribution is 2.24. The van der Waals surface area contributed by atoms with Crippen LogP contribution in [0.25, 0.3) is 0 Å². The minimum Gasteiger partial charge on any atom is -0.310 e. The topological polar surface area (TPSA) is 12.0 Å². The highest BCUT2D eigenvalue weighted by molar-refractivity contribution is 5.14. The lowest BCUT2D eigenvalue weighted by molar-refractivity contribution is 0.502. The van der Waals surface area contributed by atoms with Crippen LogP contribution in [0.15, 0.2) is 30.3 Å². The molecule has 0 saturated heterocycles. The number of rotatable bonds is 3. The predicted octanol–water partition coefficient (Wildman–Crippen LogP) is 2.96. The summed E-state index contributed by atoms with van der Waals surface area (Å²) in [6, 6.07) is 11.4. The van der Waals surface area contributed by atoms with Gasteiger partial charge in [-0.25, -0.2) is 0 Å². The lowest BCUT2D eigenvalue weighted by Crippen LogP contribution is -2.25. The van der Waals surface area contributed by atoms with Crippen molar-refractivity contribution in [2.75, 3.05) is 0 Å². The van der Waals surface area contributed by atoms with Gasteiger partial charge in [-0.05, 0) is 30.7 Å². The monoisotopic (exact) mass is 189 g/mol. The van der Waals surface area contributed by atoms with Crippen LogP contribution in [-0.4, -0.2) is 6.04 Å². The van der Waals surface area contributed by atoms with Crippen molar-refractivity contribution in [3.8, 4) is 0 Å². The fourth-order valence-electron chi connectivity index (χ4n) is 2.25. The number of hydrogen-bond acceptors (Lipinski definition) is 1. The summed E-state index contributed by atoms with van der Waals surface area (Å²) in [6.45, 7) is 3.38. The van der Waals surface area contributed by atoms with Gasteiger partial charge in [-0.1, -0.05) is 37.3 Å². The van der Waals surface area contributed by atoms with Crippen LogP contribution >= 0.6 is 0 Å². The van der Waals surface area contributed by atoms with Crippen LogP contribution in [-0.2, 0) is 6.54 Å². The van der Waals surface area contributed by atoms with Crippen molar-refractivity contribution >= 4 is 0 Å². The zero-order valence-electron chi connectivity index (χ0n) is 8.87. The van der Waals surface area contributed by atoms with E-state index in [0.29, 0.717) is 0 Å². The van der Waals surface area contributed by atoms with E-state index >= 15 is 0 Å². The minimum atomic E-state index is 0.755. The zero-order valence-corrected chi connectivity index (χ0v) is 8.87. The molecule has 1 aromatic rings. The van der Waals surface area contributed by atoms with Crippen LogP contribution in [0.5, 0.6) is 0 Å². The maximum atomic E-state index is 3.63. The molecule has 1 saturated carbocycles. The summed E-state index contributed by atoms with van der Waals surface area (Å²) in [6.07, 6.45) is 4.10. The standard InChI is InChI=1S/C13H19N/c1-11-7-8-13(9-11)14-10-12-5-3-2-4-6-12/h2-6,11,13-14H,7-10H2,1H3/t11?,13-/m0/s1. The molecule has 1 unspecified atom stereocenters. The number of hydrogen-bond donors (Lipinski definition) is 1. The Morgan fingerprint density at radius 3 is 2.64 bits per heavy atom. The summed E-state index contributed by atoms with van der Waals surface area (Å²) in [4.78, 5) is 0. The Labute approximate surface area is 86.5 Å². The molecule has 1 aliphatic rings. The first kappa shape index (κ1) is 9.72. The lowest BCUT2D eigenvalue weighted by atomic mass is 10.1. The van der Waals surface area contributed by atoms with E-state index in [1.165, 1.54) is 24.8 Å². The van der Waals surface area contributed by atoms with Gasteiger partial charge in [-0.3, -0.25) is 0 Å². The van der Waals surface area contributed by atoms with Gasteiger partial charge in [0.2, 0.25) is 0 Å². The van der Waals surface area contributed by atoms with Crippen LogP contribution in [0.2, 0.25) is 0 Å². The number of nitrogens with one attached hydrogen (secondary N) is 1. The molecule has 1 nitrogen and oxygen atoms in total. The van der Waals surface area contributed by atoms with Crippen molar-refractivity contribution in [1.29, 1.82) is 0 Å². The van der Waals surface area contributed by atoms with Gasteiger partial charge < -0.3 is 5.32 Å². The van der Waals surface area contributed by atoms with Crippen molar-refractivity contribution in [2.24, 2.45) is 5.92 Å². The largest absolute Gasteiger partial charge is 0.310 e. The Morgan fingerprint density at radius 1 is 1.21 bits per heavy atom. The molecule has 0 heterocycles. The maximum Gasteiger partial charge on any atom is 0.0208 e. The molecular weight excluding hydrogens is 170 g/mol. The van der Waals surface area contributed by atoms with Gasteiger partial charge in [-0.2, -0.15) is 0 Å². The zero-order chi connectivity index (χ0) is 9.80. The maximum absolute atomic E-state index is 3.63. The van der Waals surface area contributed by atoms with Crippen molar-refractivity contribution in [3.05, 3.63) is 35.9 Å². The van der Waals surface area contributed by atoms with E-state index in [1.54, 1.807) is 0 Å². The van der Waals surface area contributed by atoms with Gasteiger partial charge in [0.1, 0.15) is 0 Å². The first-order chi connectivity index (χ1) is 6.84. The van der Waals surface area contributed by atoms with E-state index in [-0.39, 0.29) is 0 Å². The van der Waals surface area contributed by atoms with E-state index in [1.807, 2.05) is 0 Å². The third kappa shape index (κ3) is 2.58. The highest BCUT2D eigenvalue weighted by Gasteiger charge is 2.20. The summed E-state index contributed by atoms with van der Waals surface area (Å²) in [5.74, 6) is 0.920. The molecule has 0 radical (unpaired) electrons. The molecule has 0 bridgehead atoms. The molecule has 1 aromatic carbocycles. The summed E-state index contributed by atoms with van der Waals surface area (Å²) >= 11 is 0. The van der Waals surface area contributed by atoms with E-state index < -0.39 is 0 Å². The molecule has 0 amide bonds. The van der Waals surface area contributed by atoms with Gasteiger partial charge >= 0.3 is 0 Å². The summed E-state index contributed by atoms with van der Waals surface area (Å²) in [5, 5.41) is 3.63. The first-order valence-corrected chi connectivity index (χ1v) is 5.62. The Hall–Kier alpha value is -0.820.